The van der Waals surface area contributed by atoms with Crippen molar-refractivity contribution < 1.29 is 19.1 Å². The van der Waals surface area contributed by atoms with Gasteiger partial charge in [-0.05, 0) is 41.0 Å². The Hall–Kier alpha value is -3.02. The molecule has 0 radical (unpaired) electrons. The minimum atomic E-state index is -0.246. The largest absolute Gasteiger partial charge is 0.483 e. The van der Waals surface area contributed by atoms with Gasteiger partial charge in [0.05, 0.1) is 0 Å². The van der Waals surface area contributed by atoms with Gasteiger partial charge in [0.1, 0.15) is 11.5 Å². The molecule has 0 aliphatic heterocycles. The van der Waals surface area contributed by atoms with Gasteiger partial charge < -0.3 is 20.1 Å². The van der Waals surface area contributed by atoms with Gasteiger partial charge in [-0.2, -0.15) is 0 Å². The van der Waals surface area contributed by atoms with Crippen LogP contribution in [0.3, 0.4) is 0 Å². The summed E-state index contributed by atoms with van der Waals surface area (Å²) in [6.45, 7) is 14.6. The fourth-order valence-electron chi connectivity index (χ4n) is 3.40. The Morgan fingerprint density at radius 2 is 1.18 bits per heavy atom. The molecule has 33 heavy (non-hydrogen) atoms. The first kappa shape index (κ1) is 26.2. The second-order valence-electron chi connectivity index (χ2n) is 10.3. The molecule has 2 amide bonds. The van der Waals surface area contributed by atoms with Crippen molar-refractivity contribution in [2.75, 3.05) is 19.8 Å². The summed E-state index contributed by atoms with van der Waals surface area (Å²) in [5.74, 6) is 0.925. The molecular weight excluding hydrogens is 416 g/mol. The summed E-state index contributed by atoms with van der Waals surface area (Å²) in [5, 5.41) is 5.65. The van der Waals surface area contributed by atoms with Crippen molar-refractivity contribution >= 4 is 11.8 Å². The smallest absolute Gasteiger partial charge is 0.258 e. The van der Waals surface area contributed by atoms with Crippen LogP contribution in [0, 0.1) is 0 Å². The molecule has 0 aromatic heterocycles. The fraction of sp³-hybridized carbons (Fsp3) is 0.481. The summed E-state index contributed by atoms with van der Waals surface area (Å²) in [7, 11) is 0. The van der Waals surface area contributed by atoms with Crippen LogP contribution < -0.4 is 20.1 Å². The zero-order valence-corrected chi connectivity index (χ0v) is 21.0. The number of hydrogen-bond acceptors (Lipinski definition) is 4. The predicted octanol–water partition coefficient (Wildman–Crippen LogP) is 4.36. The van der Waals surface area contributed by atoms with E-state index in [4.69, 9.17) is 9.47 Å². The van der Waals surface area contributed by atoms with Gasteiger partial charge in [0.25, 0.3) is 11.8 Å². The van der Waals surface area contributed by atoms with E-state index < -0.39 is 0 Å². The average Bonchev–Trinajstić information content (AvgIpc) is 2.74. The molecule has 0 bridgehead atoms. The van der Waals surface area contributed by atoms with Gasteiger partial charge in [-0.15, -0.1) is 0 Å². The van der Waals surface area contributed by atoms with Crippen molar-refractivity contribution in [1.82, 2.24) is 10.6 Å². The summed E-state index contributed by atoms with van der Waals surface area (Å²) in [6.07, 6.45) is 0. The number of ether oxygens (including phenoxy) is 2. The Balaban J connectivity index is 1.77. The van der Waals surface area contributed by atoms with E-state index in [2.05, 4.69) is 52.2 Å². The van der Waals surface area contributed by atoms with E-state index in [1.165, 1.54) is 0 Å². The molecule has 1 unspecified atom stereocenters. The van der Waals surface area contributed by atoms with Crippen molar-refractivity contribution in [3.63, 3.8) is 0 Å². The van der Waals surface area contributed by atoms with Crippen LogP contribution in [0.15, 0.2) is 48.5 Å². The molecule has 0 heterocycles. The molecular formula is C27H38N2O4. The molecule has 0 spiro atoms. The van der Waals surface area contributed by atoms with Gasteiger partial charge >= 0.3 is 0 Å². The van der Waals surface area contributed by atoms with Gasteiger partial charge in [-0.1, -0.05) is 77.9 Å². The lowest BCUT2D eigenvalue weighted by molar-refractivity contribution is -0.125. The first-order chi connectivity index (χ1) is 15.4. The van der Waals surface area contributed by atoms with E-state index >= 15 is 0 Å². The molecule has 0 aliphatic carbocycles. The molecule has 0 saturated heterocycles. The van der Waals surface area contributed by atoms with Crippen LogP contribution in [0.4, 0.5) is 0 Å². The lowest BCUT2D eigenvalue weighted by Gasteiger charge is -2.23. The number of benzene rings is 2. The Bertz CT molecular complexity index is 942. The Kier molecular flexibility index (Phi) is 8.91. The molecule has 6 nitrogen and oxygen atoms in total. The van der Waals surface area contributed by atoms with Gasteiger partial charge in [-0.25, -0.2) is 0 Å². The van der Waals surface area contributed by atoms with E-state index in [0.717, 1.165) is 11.1 Å². The molecule has 0 aliphatic rings. The first-order valence-electron chi connectivity index (χ1n) is 11.4. The third-order valence-corrected chi connectivity index (χ3v) is 5.12. The summed E-state index contributed by atoms with van der Waals surface area (Å²) < 4.78 is 11.5. The SMILES string of the molecule is CC(CNC(=O)COc1ccccc1C(C)(C)C)NC(=O)COc1ccccc1C(C)(C)C. The highest BCUT2D eigenvalue weighted by Gasteiger charge is 2.20. The summed E-state index contributed by atoms with van der Waals surface area (Å²) in [6, 6.07) is 15.2. The van der Waals surface area contributed by atoms with E-state index in [1.54, 1.807) is 0 Å². The lowest BCUT2D eigenvalue weighted by atomic mass is 9.86. The second kappa shape index (κ2) is 11.2. The number of nitrogens with one attached hydrogen (secondary N) is 2. The van der Waals surface area contributed by atoms with E-state index in [9.17, 15) is 9.59 Å². The lowest BCUT2D eigenvalue weighted by Crippen LogP contribution is -2.44. The number of carbonyl (C=O) groups is 2. The monoisotopic (exact) mass is 454 g/mol. The minimum Gasteiger partial charge on any atom is -0.483 e. The molecule has 6 heteroatoms. The van der Waals surface area contributed by atoms with Crippen LogP contribution in [0.5, 0.6) is 11.5 Å². The van der Waals surface area contributed by atoms with Crippen LogP contribution in [-0.2, 0) is 20.4 Å². The summed E-state index contributed by atoms with van der Waals surface area (Å²) in [5.41, 5.74) is 1.93. The molecule has 2 rings (SSSR count). The second-order valence-corrected chi connectivity index (χ2v) is 10.3. The minimum absolute atomic E-state index is 0.0820. The highest BCUT2D eigenvalue weighted by atomic mass is 16.5. The van der Waals surface area contributed by atoms with E-state index in [-0.39, 0.29) is 41.9 Å². The molecule has 1 atom stereocenters. The maximum atomic E-state index is 12.3. The number of carbonyl (C=O) groups excluding carboxylic acids is 2. The maximum Gasteiger partial charge on any atom is 0.258 e. The van der Waals surface area contributed by atoms with Crippen LogP contribution >= 0.6 is 0 Å². The molecule has 0 fully saturated rings. The van der Waals surface area contributed by atoms with Crippen molar-refractivity contribution in [2.45, 2.75) is 65.3 Å². The van der Waals surface area contributed by atoms with Crippen LogP contribution in [-0.4, -0.2) is 37.6 Å². The Labute approximate surface area is 198 Å². The number of hydrogen-bond donors (Lipinski definition) is 2. The normalized spacial score (nSPS) is 12.6. The summed E-state index contributed by atoms with van der Waals surface area (Å²) in [4.78, 5) is 24.5. The van der Waals surface area contributed by atoms with Crippen molar-refractivity contribution in [1.29, 1.82) is 0 Å². The number of para-hydroxylation sites is 2. The summed E-state index contributed by atoms with van der Waals surface area (Å²) >= 11 is 0. The molecule has 0 saturated carbocycles. The topological polar surface area (TPSA) is 76.7 Å². The molecule has 2 aromatic carbocycles. The van der Waals surface area contributed by atoms with Gasteiger partial charge in [-0.3, -0.25) is 9.59 Å². The standard InChI is InChI=1S/C27H38N2O4/c1-19(29-25(31)18-33-23-15-11-9-13-21(23)27(5,6)7)16-28-24(30)17-32-22-14-10-8-12-20(22)26(2,3)4/h8-15,19H,16-18H2,1-7H3,(H,28,30)(H,29,31). The van der Waals surface area contributed by atoms with Gasteiger partial charge in [0.15, 0.2) is 13.2 Å². The van der Waals surface area contributed by atoms with Crippen molar-refractivity contribution in [3.8, 4) is 11.5 Å². The maximum absolute atomic E-state index is 12.3. The quantitative estimate of drug-likeness (QED) is 0.590. The first-order valence-corrected chi connectivity index (χ1v) is 11.4. The predicted molar refractivity (Wildman–Crippen MR) is 132 cm³/mol. The van der Waals surface area contributed by atoms with Crippen molar-refractivity contribution in [3.05, 3.63) is 59.7 Å². The Morgan fingerprint density at radius 1 is 0.758 bits per heavy atom. The van der Waals surface area contributed by atoms with Crippen LogP contribution in [0.2, 0.25) is 0 Å². The highest BCUT2D eigenvalue weighted by molar-refractivity contribution is 5.79. The molecule has 2 aromatic rings. The number of amides is 2. The van der Waals surface area contributed by atoms with Crippen LogP contribution in [0.1, 0.15) is 59.6 Å². The zero-order chi connectivity index (χ0) is 24.6. The van der Waals surface area contributed by atoms with Gasteiger partial charge in [0.2, 0.25) is 0 Å². The third kappa shape index (κ3) is 8.44. The molecule has 180 valence electrons. The van der Waals surface area contributed by atoms with E-state index in [1.807, 2.05) is 55.5 Å². The van der Waals surface area contributed by atoms with Gasteiger partial charge in [0, 0.05) is 12.6 Å². The zero-order valence-electron chi connectivity index (χ0n) is 21.0. The Morgan fingerprint density at radius 3 is 1.64 bits per heavy atom. The van der Waals surface area contributed by atoms with E-state index in [0.29, 0.717) is 18.0 Å². The average molecular weight is 455 g/mol. The highest BCUT2D eigenvalue weighted by Crippen LogP contribution is 2.31. The fourth-order valence-corrected chi connectivity index (χ4v) is 3.40. The third-order valence-electron chi connectivity index (χ3n) is 5.12. The van der Waals surface area contributed by atoms with Crippen molar-refractivity contribution in [2.24, 2.45) is 0 Å². The number of rotatable bonds is 9. The molecule has 2 N–H and O–H groups in total. The van der Waals surface area contributed by atoms with Crippen LogP contribution in [0.25, 0.3) is 0 Å².